The molecule has 1 aliphatic heterocycles. The van der Waals surface area contributed by atoms with Gasteiger partial charge in [0.05, 0.1) is 6.54 Å². The first kappa shape index (κ1) is 15.4. The van der Waals surface area contributed by atoms with Gasteiger partial charge in [0.15, 0.2) is 0 Å². The van der Waals surface area contributed by atoms with Crippen LogP contribution in [0, 0.1) is 0 Å². The molecule has 0 unspecified atom stereocenters. The smallest absolute Gasteiger partial charge is 0.319 e. The second kappa shape index (κ2) is 5.74. The highest BCUT2D eigenvalue weighted by Crippen LogP contribution is 2.30. The molecule has 1 saturated heterocycles. The standard InChI is InChI=1S/C21H18N2O2/c1-21(17-11-3-2-4-12-17)19(24)23(20(25)22-21)14-16-10-7-9-15-8-5-6-13-18(15)16/h2-13H,14H2,1H3,(H,22,25)/t21-/m0/s1. The zero-order valence-corrected chi connectivity index (χ0v) is 13.9. The Hall–Kier alpha value is -3.14. The predicted molar refractivity (Wildman–Crippen MR) is 96.8 cm³/mol. The maximum Gasteiger partial charge on any atom is 0.325 e. The molecule has 0 spiro atoms. The molecule has 1 heterocycles. The summed E-state index contributed by atoms with van der Waals surface area (Å²) in [6, 6.07) is 22.9. The summed E-state index contributed by atoms with van der Waals surface area (Å²) in [6.07, 6.45) is 0. The maximum atomic E-state index is 13.0. The first-order valence-corrected chi connectivity index (χ1v) is 8.26. The highest BCUT2D eigenvalue weighted by molar-refractivity contribution is 6.07. The number of urea groups is 1. The van der Waals surface area contributed by atoms with Crippen LogP contribution in [-0.2, 0) is 16.9 Å². The van der Waals surface area contributed by atoms with E-state index in [1.165, 1.54) is 4.90 Å². The van der Waals surface area contributed by atoms with Gasteiger partial charge in [-0.15, -0.1) is 0 Å². The summed E-state index contributed by atoms with van der Waals surface area (Å²) in [5.41, 5.74) is 0.718. The molecular weight excluding hydrogens is 312 g/mol. The summed E-state index contributed by atoms with van der Waals surface area (Å²) in [5.74, 6) is -0.225. The van der Waals surface area contributed by atoms with Gasteiger partial charge in [0.1, 0.15) is 5.54 Å². The topological polar surface area (TPSA) is 49.4 Å². The van der Waals surface area contributed by atoms with Gasteiger partial charge < -0.3 is 5.32 Å². The van der Waals surface area contributed by atoms with Crippen LogP contribution in [-0.4, -0.2) is 16.8 Å². The molecule has 3 aromatic rings. The first-order chi connectivity index (χ1) is 12.1. The van der Waals surface area contributed by atoms with Crippen LogP contribution in [0.15, 0.2) is 72.8 Å². The number of imide groups is 1. The lowest BCUT2D eigenvalue weighted by Gasteiger charge is -2.22. The summed E-state index contributed by atoms with van der Waals surface area (Å²) in [5, 5.41) is 5.00. The molecular formula is C21H18N2O2. The van der Waals surface area contributed by atoms with Crippen molar-refractivity contribution >= 4 is 22.7 Å². The number of amides is 3. The lowest BCUT2D eigenvalue weighted by atomic mass is 9.92. The van der Waals surface area contributed by atoms with Crippen molar-refractivity contribution in [3.05, 3.63) is 83.9 Å². The van der Waals surface area contributed by atoms with E-state index in [0.29, 0.717) is 0 Å². The quantitative estimate of drug-likeness (QED) is 0.743. The Bertz CT molecular complexity index is 963. The molecule has 25 heavy (non-hydrogen) atoms. The number of benzene rings is 3. The van der Waals surface area contributed by atoms with E-state index in [1.54, 1.807) is 6.92 Å². The van der Waals surface area contributed by atoms with E-state index in [9.17, 15) is 9.59 Å². The molecule has 0 saturated carbocycles. The average molecular weight is 330 g/mol. The fourth-order valence-electron chi connectivity index (χ4n) is 3.41. The van der Waals surface area contributed by atoms with E-state index in [4.69, 9.17) is 0 Å². The van der Waals surface area contributed by atoms with Crippen molar-refractivity contribution in [3.63, 3.8) is 0 Å². The molecule has 3 aromatic carbocycles. The monoisotopic (exact) mass is 330 g/mol. The molecule has 3 amide bonds. The minimum absolute atomic E-state index is 0.225. The number of hydrogen-bond donors (Lipinski definition) is 1. The summed E-state index contributed by atoms with van der Waals surface area (Å²) >= 11 is 0. The fourth-order valence-corrected chi connectivity index (χ4v) is 3.41. The Morgan fingerprint density at radius 1 is 0.880 bits per heavy atom. The zero-order valence-electron chi connectivity index (χ0n) is 13.9. The van der Waals surface area contributed by atoms with Crippen molar-refractivity contribution in [1.82, 2.24) is 10.2 Å². The van der Waals surface area contributed by atoms with Gasteiger partial charge in [-0.25, -0.2) is 4.79 Å². The molecule has 0 radical (unpaired) electrons. The van der Waals surface area contributed by atoms with E-state index in [2.05, 4.69) is 5.32 Å². The number of rotatable bonds is 3. The normalized spacial score (nSPS) is 20.1. The molecule has 0 bridgehead atoms. The van der Waals surface area contributed by atoms with E-state index in [0.717, 1.165) is 21.9 Å². The predicted octanol–water partition coefficient (Wildman–Crippen LogP) is 3.81. The van der Waals surface area contributed by atoms with Crippen LogP contribution in [0.1, 0.15) is 18.1 Å². The Morgan fingerprint density at radius 2 is 1.56 bits per heavy atom. The Labute approximate surface area is 146 Å². The lowest BCUT2D eigenvalue weighted by Crippen LogP contribution is -2.40. The third kappa shape index (κ3) is 2.47. The van der Waals surface area contributed by atoms with Crippen LogP contribution in [0.25, 0.3) is 10.8 Å². The van der Waals surface area contributed by atoms with Crippen LogP contribution >= 0.6 is 0 Å². The van der Waals surface area contributed by atoms with Crippen LogP contribution in [0.3, 0.4) is 0 Å². The highest BCUT2D eigenvalue weighted by atomic mass is 16.2. The van der Waals surface area contributed by atoms with Crippen molar-refractivity contribution < 1.29 is 9.59 Å². The molecule has 1 fully saturated rings. The highest BCUT2D eigenvalue weighted by Gasteiger charge is 2.48. The molecule has 1 atom stereocenters. The summed E-state index contributed by atoms with van der Waals surface area (Å²) in [4.78, 5) is 26.8. The van der Waals surface area contributed by atoms with Gasteiger partial charge >= 0.3 is 6.03 Å². The average Bonchev–Trinajstić information content (AvgIpc) is 2.87. The number of fused-ring (bicyclic) bond motifs is 1. The van der Waals surface area contributed by atoms with Gasteiger partial charge in [-0.05, 0) is 28.8 Å². The molecule has 0 aromatic heterocycles. The van der Waals surface area contributed by atoms with Crippen molar-refractivity contribution in [2.45, 2.75) is 19.0 Å². The van der Waals surface area contributed by atoms with Gasteiger partial charge in [0.25, 0.3) is 5.91 Å². The number of carbonyl (C=O) groups excluding carboxylic acids is 2. The van der Waals surface area contributed by atoms with Crippen molar-refractivity contribution in [2.24, 2.45) is 0 Å². The lowest BCUT2D eigenvalue weighted by molar-refractivity contribution is -0.131. The molecule has 4 heteroatoms. The van der Waals surface area contributed by atoms with E-state index in [1.807, 2.05) is 72.8 Å². The SMILES string of the molecule is C[C@@]1(c2ccccc2)NC(=O)N(Cc2cccc3ccccc23)C1=O. The Balaban J connectivity index is 1.70. The largest absolute Gasteiger partial charge is 0.325 e. The van der Waals surface area contributed by atoms with Crippen LogP contribution in [0.5, 0.6) is 0 Å². The Morgan fingerprint density at radius 3 is 2.36 bits per heavy atom. The molecule has 1 N–H and O–H groups in total. The summed E-state index contributed by atoms with van der Waals surface area (Å²) in [6.45, 7) is 2.01. The van der Waals surface area contributed by atoms with Gasteiger partial charge in [0.2, 0.25) is 0 Å². The van der Waals surface area contributed by atoms with Gasteiger partial charge in [-0.2, -0.15) is 0 Å². The summed E-state index contributed by atoms with van der Waals surface area (Å²) < 4.78 is 0. The van der Waals surface area contributed by atoms with E-state index >= 15 is 0 Å². The summed E-state index contributed by atoms with van der Waals surface area (Å²) in [7, 11) is 0. The minimum atomic E-state index is -1.02. The van der Waals surface area contributed by atoms with E-state index < -0.39 is 5.54 Å². The molecule has 4 rings (SSSR count). The van der Waals surface area contributed by atoms with Gasteiger partial charge in [0, 0.05) is 0 Å². The maximum absolute atomic E-state index is 13.0. The van der Waals surface area contributed by atoms with Gasteiger partial charge in [-0.1, -0.05) is 72.8 Å². The van der Waals surface area contributed by atoms with Crippen molar-refractivity contribution in [3.8, 4) is 0 Å². The zero-order chi connectivity index (χ0) is 17.4. The second-order valence-corrected chi connectivity index (χ2v) is 6.45. The number of nitrogens with one attached hydrogen (secondary N) is 1. The van der Waals surface area contributed by atoms with Crippen LogP contribution in [0.4, 0.5) is 4.79 Å². The molecule has 124 valence electrons. The molecule has 0 aliphatic carbocycles. The number of nitrogens with zero attached hydrogens (tertiary/aromatic N) is 1. The Kier molecular flexibility index (Phi) is 3.53. The number of carbonyl (C=O) groups is 2. The van der Waals surface area contributed by atoms with Crippen molar-refractivity contribution in [2.75, 3.05) is 0 Å². The van der Waals surface area contributed by atoms with Crippen LogP contribution < -0.4 is 5.32 Å². The third-order valence-electron chi connectivity index (χ3n) is 4.83. The molecule has 4 nitrogen and oxygen atoms in total. The fraction of sp³-hybridized carbons (Fsp3) is 0.143. The van der Waals surface area contributed by atoms with Crippen LogP contribution in [0.2, 0.25) is 0 Å². The van der Waals surface area contributed by atoms with Crippen molar-refractivity contribution in [1.29, 1.82) is 0 Å². The first-order valence-electron chi connectivity index (χ1n) is 8.26. The van der Waals surface area contributed by atoms with Gasteiger partial charge in [-0.3, -0.25) is 9.69 Å². The minimum Gasteiger partial charge on any atom is -0.319 e. The van der Waals surface area contributed by atoms with E-state index in [-0.39, 0.29) is 18.5 Å². The second-order valence-electron chi connectivity index (χ2n) is 6.45. The third-order valence-corrected chi connectivity index (χ3v) is 4.83. The number of hydrogen-bond acceptors (Lipinski definition) is 2. The molecule has 1 aliphatic rings.